The summed E-state index contributed by atoms with van der Waals surface area (Å²) in [5.74, 6) is -0.266. The maximum atomic E-state index is 12.1. The summed E-state index contributed by atoms with van der Waals surface area (Å²) < 4.78 is 0. The Bertz CT molecular complexity index is 625. The number of carbonyl (C=O) groups is 1. The third-order valence-electron chi connectivity index (χ3n) is 2.64. The Balaban J connectivity index is 2.22. The topological polar surface area (TPSA) is 42.0 Å². The molecule has 6 heteroatoms. The van der Waals surface area contributed by atoms with Crippen LogP contribution in [0.5, 0.6) is 0 Å². The number of nitrogens with one attached hydrogen (secondary N) is 1. The van der Waals surface area contributed by atoms with Crippen LogP contribution in [0.4, 0.5) is 5.13 Å². The van der Waals surface area contributed by atoms with E-state index in [0.29, 0.717) is 20.6 Å². The Morgan fingerprint density at radius 2 is 2.26 bits per heavy atom. The van der Waals surface area contributed by atoms with Crippen molar-refractivity contribution in [3.63, 3.8) is 0 Å². The minimum Gasteiger partial charge on any atom is -0.298 e. The van der Waals surface area contributed by atoms with E-state index >= 15 is 0 Å². The van der Waals surface area contributed by atoms with Crippen molar-refractivity contribution in [1.82, 2.24) is 4.98 Å². The highest BCUT2D eigenvalue weighted by Crippen LogP contribution is 2.25. The molecule has 3 nitrogen and oxygen atoms in total. The maximum absolute atomic E-state index is 12.1. The molecular weight excluding hydrogens is 300 g/mol. The first kappa shape index (κ1) is 14.4. The summed E-state index contributed by atoms with van der Waals surface area (Å²) in [6.07, 6.45) is 0.852. The average molecular weight is 313 g/mol. The SMILES string of the molecule is CCc1nc(NC(=O)c2cc(S)ccc2Cl)sc1C. The Kier molecular flexibility index (Phi) is 4.50. The van der Waals surface area contributed by atoms with Gasteiger partial charge in [0.05, 0.1) is 16.3 Å². The van der Waals surface area contributed by atoms with Gasteiger partial charge < -0.3 is 0 Å². The number of benzene rings is 1. The lowest BCUT2D eigenvalue weighted by Gasteiger charge is -2.04. The highest BCUT2D eigenvalue weighted by atomic mass is 35.5. The quantitative estimate of drug-likeness (QED) is 0.834. The summed E-state index contributed by atoms with van der Waals surface area (Å²) in [6.45, 7) is 4.03. The van der Waals surface area contributed by atoms with Crippen LogP contribution in [-0.2, 0) is 6.42 Å². The van der Waals surface area contributed by atoms with E-state index in [9.17, 15) is 4.79 Å². The number of nitrogens with zero attached hydrogens (tertiary/aromatic N) is 1. The molecule has 0 saturated heterocycles. The van der Waals surface area contributed by atoms with E-state index in [1.54, 1.807) is 18.2 Å². The van der Waals surface area contributed by atoms with Gasteiger partial charge in [0.15, 0.2) is 5.13 Å². The molecule has 0 aliphatic heterocycles. The van der Waals surface area contributed by atoms with E-state index in [1.807, 2.05) is 13.8 Å². The zero-order chi connectivity index (χ0) is 14.0. The number of anilines is 1. The van der Waals surface area contributed by atoms with Crippen LogP contribution >= 0.6 is 35.6 Å². The molecule has 0 aliphatic carbocycles. The van der Waals surface area contributed by atoms with Crippen LogP contribution < -0.4 is 5.32 Å². The van der Waals surface area contributed by atoms with Crippen molar-refractivity contribution in [1.29, 1.82) is 0 Å². The van der Waals surface area contributed by atoms with Crippen LogP contribution in [0.15, 0.2) is 23.1 Å². The number of thiazole rings is 1. The molecule has 0 bridgehead atoms. The maximum Gasteiger partial charge on any atom is 0.258 e. The molecule has 2 rings (SSSR count). The minimum atomic E-state index is -0.266. The molecule has 0 fully saturated rings. The van der Waals surface area contributed by atoms with Crippen LogP contribution in [0.1, 0.15) is 27.9 Å². The molecule has 0 aliphatic rings. The number of rotatable bonds is 3. The lowest BCUT2D eigenvalue weighted by molar-refractivity contribution is 0.102. The summed E-state index contributed by atoms with van der Waals surface area (Å²) in [4.78, 5) is 18.3. The van der Waals surface area contributed by atoms with E-state index in [-0.39, 0.29) is 5.91 Å². The predicted octanol–water partition coefficient (Wildman–Crippen LogP) is 4.21. The summed E-state index contributed by atoms with van der Waals surface area (Å²) in [5.41, 5.74) is 1.41. The Morgan fingerprint density at radius 1 is 1.53 bits per heavy atom. The molecule has 1 N–H and O–H groups in total. The Labute approximate surface area is 126 Å². The van der Waals surface area contributed by atoms with E-state index in [4.69, 9.17) is 11.6 Å². The van der Waals surface area contributed by atoms with Crippen molar-refractivity contribution in [2.45, 2.75) is 25.2 Å². The van der Waals surface area contributed by atoms with Crippen molar-refractivity contribution in [3.8, 4) is 0 Å². The average Bonchev–Trinajstić information content (AvgIpc) is 2.72. The number of hydrogen-bond acceptors (Lipinski definition) is 4. The first-order valence-electron chi connectivity index (χ1n) is 5.77. The van der Waals surface area contributed by atoms with Gasteiger partial charge in [0, 0.05) is 9.77 Å². The highest BCUT2D eigenvalue weighted by molar-refractivity contribution is 7.80. The molecule has 0 saturated carbocycles. The molecule has 1 heterocycles. The van der Waals surface area contributed by atoms with E-state index < -0.39 is 0 Å². The van der Waals surface area contributed by atoms with Gasteiger partial charge in [-0.3, -0.25) is 10.1 Å². The van der Waals surface area contributed by atoms with E-state index in [2.05, 4.69) is 22.9 Å². The molecule has 100 valence electrons. The molecule has 0 radical (unpaired) electrons. The smallest absolute Gasteiger partial charge is 0.258 e. The van der Waals surface area contributed by atoms with Gasteiger partial charge in [0.25, 0.3) is 5.91 Å². The van der Waals surface area contributed by atoms with Crippen molar-refractivity contribution in [2.75, 3.05) is 5.32 Å². The van der Waals surface area contributed by atoms with Gasteiger partial charge in [-0.15, -0.1) is 24.0 Å². The van der Waals surface area contributed by atoms with Gasteiger partial charge in [-0.05, 0) is 31.5 Å². The fourth-order valence-electron chi connectivity index (χ4n) is 1.66. The number of amides is 1. The molecule has 0 spiro atoms. The van der Waals surface area contributed by atoms with Gasteiger partial charge in [0.1, 0.15) is 0 Å². The van der Waals surface area contributed by atoms with Gasteiger partial charge in [-0.2, -0.15) is 0 Å². The van der Waals surface area contributed by atoms with Crippen molar-refractivity contribution >= 4 is 46.6 Å². The van der Waals surface area contributed by atoms with E-state index in [0.717, 1.165) is 17.0 Å². The lowest BCUT2D eigenvalue weighted by atomic mass is 10.2. The van der Waals surface area contributed by atoms with Crippen LogP contribution in [-0.4, -0.2) is 10.9 Å². The number of thiol groups is 1. The number of aromatic nitrogens is 1. The number of hydrogen-bond donors (Lipinski definition) is 2. The Hall–Kier alpha value is -1.04. The molecule has 19 heavy (non-hydrogen) atoms. The second-order valence-electron chi connectivity index (χ2n) is 3.99. The molecule has 0 atom stereocenters. The molecule has 1 amide bonds. The first-order valence-corrected chi connectivity index (χ1v) is 7.41. The van der Waals surface area contributed by atoms with Crippen LogP contribution in [0.3, 0.4) is 0 Å². The molecular formula is C13H13ClN2OS2. The van der Waals surface area contributed by atoms with Gasteiger partial charge >= 0.3 is 0 Å². The zero-order valence-corrected chi connectivity index (χ0v) is 13.0. The monoisotopic (exact) mass is 312 g/mol. The van der Waals surface area contributed by atoms with Gasteiger partial charge in [-0.1, -0.05) is 18.5 Å². The number of aryl methyl sites for hydroxylation is 2. The summed E-state index contributed by atoms with van der Waals surface area (Å²) in [7, 11) is 0. The first-order chi connectivity index (χ1) is 9.01. The second kappa shape index (κ2) is 5.94. The van der Waals surface area contributed by atoms with Crippen LogP contribution in [0.2, 0.25) is 5.02 Å². The van der Waals surface area contributed by atoms with Crippen molar-refractivity contribution < 1.29 is 4.79 Å². The zero-order valence-electron chi connectivity index (χ0n) is 10.5. The van der Waals surface area contributed by atoms with Crippen molar-refractivity contribution in [3.05, 3.63) is 39.4 Å². The summed E-state index contributed by atoms with van der Waals surface area (Å²) in [6, 6.07) is 5.04. The van der Waals surface area contributed by atoms with Crippen molar-refractivity contribution in [2.24, 2.45) is 0 Å². The fourth-order valence-corrected chi connectivity index (χ4v) is 2.97. The third kappa shape index (κ3) is 3.29. The third-order valence-corrected chi connectivity index (χ3v) is 4.18. The fraction of sp³-hybridized carbons (Fsp3) is 0.231. The Morgan fingerprint density at radius 3 is 2.89 bits per heavy atom. The van der Waals surface area contributed by atoms with Gasteiger partial charge in [0.2, 0.25) is 0 Å². The molecule has 0 unspecified atom stereocenters. The number of halogens is 1. The normalized spacial score (nSPS) is 10.5. The van der Waals surface area contributed by atoms with Crippen LogP contribution in [0, 0.1) is 6.92 Å². The largest absolute Gasteiger partial charge is 0.298 e. The summed E-state index contributed by atoms with van der Waals surface area (Å²) in [5, 5.41) is 3.77. The number of carbonyl (C=O) groups excluding carboxylic acids is 1. The summed E-state index contributed by atoms with van der Waals surface area (Å²) >= 11 is 11.7. The van der Waals surface area contributed by atoms with E-state index in [1.165, 1.54) is 11.3 Å². The van der Waals surface area contributed by atoms with Gasteiger partial charge in [-0.25, -0.2) is 4.98 Å². The predicted molar refractivity (Wildman–Crippen MR) is 82.9 cm³/mol. The molecule has 2 aromatic rings. The second-order valence-corrected chi connectivity index (χ2v) is 6.12. The van der Waals surface area contributed by atoms with Crippen LogP contribution in [0.25, 0.3) is 0 Å². The standard InChI is InChI=1S/C13H13ClN2OS2/c1-3-11-7(2)19-13(15-11)16-12(17)9-6-8(18)4-5-10(9)14/h4-6,18H,3H2,1-2H3,(H,15,16,17). The highest BCUT2D eigenvalue weighted by Gasteiger charge is 2.14. The minimum absolute atomic E-state index is 0.266. The molecule has 1 aromatic carbocycles. The lowest BCUT2D eigenvalue weighted by Crippen LogP contribution is -2.12. The molecule has 1 aromatic heterocycles.